The molecule has 8 saturated carbocycles. The number of rotatable bonds is 25. The lowest BCUT2D eigenvalue weighted by molar-refractivity contribution is -0.259. The minimum absolute atomic E-state index is 0.0125. The van der Waals surface area contributed by atoms with Crippen molar-refractivity contribution in [3.63, 3.8) is 0 Å². The Kier molecular flexibility index (Phi) is 31.3. The van der Waals surface area contributed by atoms with Crippen LogP contribution in [0.3, 0.4) is 0 Å². The highest BCUT2D eigenvalue weighted by Crippen LogP contribution is 2.53. The van der Waals surface area contributed by atoms with E-state index in [1.54, 1.807) is 73.7 Å². The Morgan fingerprint density at radius 2 is 0.536 bits per heavy atom. The topological polar surface area (TPSA) is 227 Å². The van der Waals surface area contributed by atoms with E-state index in [0.717, 1.165) is 120 Å². The van der Waals surface area contributed by atoms with E-state index in [1.165, 1.54) is 84.4 Å². The van der Waals surface area contributed by atoms with Crippen molar-refractivity contribution in [3.8, 4) is 0 Å². The first-order valence-electron chi connectivity index (χ1n) is 47.1. The van der Waals surface area contributed by atoms with E-state index in [4.69, 9.17) is 15.2 Å². The number of hydrogen-bond donors (Lipinski definition) is 5. The summed E-state index contributed by atoms with van der Waals surface area (Å²) < 4.78 is 213. The molecule has 6 N–H and O–H groups in total. The summed E-state index contributed by atoms with van der Waals surface area (Å²) in [6.07, 6.45) is -1.78. The van der Waals surface area contributed by atoms with E-state index in [-0.39, 0.29) is 140 Å². The predicted molar refractivity (Wildman–Crippen MR) is 488 cm³/mol. The van der Waals surface area contributed by atoms with E-state index in [1.807, 2.05) is 20.8 Å². The Morgan fingerprint density at radius 3 is 0.754 bits per heavy atom. The van der Waals surface area contributed by atoms with Gasteiger partial charge in [-0.15, -0.1) is 0 Å². The number of carbonyl (C=O) groups is 5. The van der Waals surface area contributed by atoms with Gasteiger partial charge in [-0.25, -0.2) is 13.2 Å². The molecule has 8 aliphatic carbocycles. The first-order chi connectivity index (χ1) is 64.8. The van der Waals surface area contributed by atoms with Crippen molar-refractivity contribution in [1.29, 1.82) is 0 Å². The predicted octanol–water partition coefficient (Wildman–Crippen LogP) is 21.8. The molecule has 0 radical (unpaired) electrons. The highest BCUT2D eigenvalue weighted by molar-refractivity contribution is 5.97. The zero-order valence-electron chi connectivity index (χ0n) is 78.5. The Balaban J connectivity index is 0.000000155. The molecule has 5 amide bonds. The van der Waals surface area contributed by atoms with Crippen LogP contribution < -0.4 is 5.73 Å². The maximum Gasteiger partial charge on any atom is 0.421 e. The zero-order chi connectivity index (χ0) is 100. The van der Waals surface area contributed by atoms with E-state index in [0.29, 0.717) is 120 Å². The number of nitrogens with two attached hydrogens (primary N) is 1. The van der Waals surface area contributed by atoms with Gasteiger partial charge in [0.15, 0.2) is 22.4 Å². The lowest BCUT2D eigenvalue weighted by Gasteiger charge is -2.48. The van der Waals surface area contributed by atoms with E-state index in [2.05, 4.69) is 43.3 Å². The molecule has 138 heavy (non-hydrogen) atoms. The van der Waals surface area contributed by atoms with E-state index in [9.17, 15) is 110 Å². The van der Waals surface area contributed by atoms with Crippen molar-refractivity contribution >= 4 is 29.5 Å². The number of carbonyl (C=O) groups excluding carboxylic acids is 5. The molecule has 0 unspecified atom stereocenters. The minimum Gasteiger partial charge on any atom is -0.376 e. The van der Waals surface area contributed by atoms with Gasteiger partial charge in [-0.3, -0.25) is 28.9 Å². The number of methoxy groups -OCH3 is 2. The molecular weight excluding hydrogens is 1820 g/mol. The summed E-state index contributed by atoms with van der Waals surface area (Å²) in [6.45, 7) is 2.79. The third-order valence-electron chi connectivity index (χ3n) is 30.1. The number of amides is 5. The van der Waals surface area contributed by atoms with Gasteiger partial charge in [-0.2, -0.15) is 52.7 Å². The SMILES string of the molecule is CN(C)C1(c2ccccc2)CCC(N(C(=O)c2ccc([C@](C)(O)C(F)(F)F)cc2)C2CC2)CC1.COC1(c2ccccc2F)CCC(N(C(=O)c2ccc([C@](C)(O)C(F)(F)F)cc2)C2CC2)CC1.COC1(c2ccccc2F)CCC(N(C(=O)c2ccc([C@](C)(O)C(F)(F)F)cc2)C2CC2)CC1.C[C@](O)(c1ccc(C(=O)N(C2CC2)C2CCC(CC(N)=O)(c3ccccc3F)CC2)cc1)C(F)(F)F. The number of hydrogen-bond acceptors (Lipinski definition) is 12. The fraction of sp³-hybridized carbons (Fsp3) is 0.500. The van der Waals surface area contributed by atoms with Gasteiger partial charge in [-0.1, -0.05) is 133 Å². The second kappa shape index (κ2) is 41.1. The second-order valence-electron chi connectivity index (χ2n) is 39.3. The van der Waals surface area contributed by atoms with Gasteiger partial charge in [0.25, 0.3) is 23.6 Å². The molecule has 0 saturated heterocycles. The minimum atomic E-state index is -4.85. The van der Waals surface area contributed by atoms with Crippen molar-refractivity contribution in [2.24, 2.45) is 5.73 Å². The number of benzene rings is 8. The molecule has 17 nitrogen and oxygen atoms in total. The third kappa shape index (κ3) is 22.4. The number of primary amides is 1. The Bertz CT molecular complexity index is 5340. The Labute approximate surface area is 794 Å². The number of halogens is 15. The third-order valence-corrected chi connectivity index (χ3v) is 30.1. The van der Waals surface area contributed by atoms with Gasteiger partial charge in [0, 0.05) is 113 Å². The van der Waals surface area contributed by atoms with Crippen molar-refractivity contribution in [3.05, 3.63) is 284 Å². The molecule has 32 heteroatoms. The number of aliphatic hydroxyl groups is 4. The number of alkyl halides is 12. The maximum atomic E-state index is 14.7. The smallest absolute Gasteiger partial charge is 0.376 e. The monoisotopic (exact) mass is 1940 g/mol. The van der Waals surface area contributed by atoms with Gasteiger partial charge in [0.2, 0.25) is 5.91 Å². The van der Waals surface area contributed by atoms with Crippen LogP contribution in [-0.4, -0.2) is 176 Å². The largest absolute Gasteiger partial charge is 0.421 e. The molecule has 746 valence electrons. The molecule has 8 aromatic carbocycles. The summed E-state index contributed by atoms with van der Waals surface area (Å²) in [7, 11) is 7.37. The standard InChI is InChI=1S/C27H30F4N2O3.C27H33F3N2O2.2C26H29F4NO3/c1-25(36,27(29,30)31)18-8-6-17(7-9-18)24(35)33(19-10-11-19)20-12-14-26(15-13-20,16-23(32)34)21-4-2-3-5-22(21)28;1-25(34,27(28,29)30)20-11-9-19(10-12-20)24(33)32(22-13-14-22)23-15-17-26(18-16-23,31(2)3)21-7-5-4-6-8-21;2*1-24(33,26(28,29)30)18-9-7-17(8-10-18)23(32)31(19-11-12-19)20-13-15-25(34-2,16-14-20)21-5-3-4-6-22(21)27/h2-9,19-20,36H,10-16H2,1H3,(H2,32,34);4-12,22-23,34H,13-18H2,1-3H3;2*3-10,19-20,33H,11-16H2,1-2H3/t20?,25-,26?;23?,25-,26?;2*20?,24-,25?/m0000/s1. The van der Waals surface area contributed by atoms with Gasteiger partial charge < -0.3 is 55.2 Å². The summed E-state index contributed by atoms with van der Waals surface area (Å²) in [6, 6.07) is 50.4. The van der Waals surface area contributed by atoms with E-state index >= 15 is 0 Å². The average molecular weight is 1940 g/mol. The summed E-state index contributed by atoms with van der Waals surface area (Å²) in [4.78, 5) is 75.3. The highest BCUT2D eigenvalue weighted by Gasteiger charge is 2.57. The van der Waals surface area contributed by atoms with Crippen molar-refractivity contribution in [2.75, 3.05) is 28.3 Å². The normalized spacial score (nSPS) is 24.8. The fourth-order valence-electron chi connectivity index (χ4n) is 20.8. The van der Waals surface area contributed by atoms with Crippen LogP contribution in [0.25, 0.3) is 0 Å². The summed E-state index contributed by atoms with van der Waals surface area (Å²) in [5.41, 5.74) is -6.04. The van der Waals surface area contributed by atoms with Gasteiger partial charge >= 0.3 is 24.7 Å². The molecular formula is C106H121F15N6O11. The van der Waals surface area contributed by atoms with Crippen LogP contribution in [-0.2, 0) is 58.8 Å². The summed E-state index contributed by atoms with van der Waals surface area (Å²) in [5, 5.41) is 39.6. The molecule has 8 aromatic rings. The summed E-state index contributed by atoms with van der Waals surface area (Å²) >= 11 is 0. The Hall–Kier alpha value is -10.2. The zero-order valence-corrected chi connectivity index (χ0v) is 78.5. The number of ether oxygens (including phenoxy) is 2. The molecule has 8 aliphatic rings. The molecule has 0 bridgehead atoms. The molecule has 16 rings (SSSR count). The van der Waals surface area contributed by atoms with E-state index < -0.39 is 69.6 Å². The van der Waals surface area contributed by atoms with Gasteiger partial charge in [0.1, 0.15) is 17.5 Å². The molecule has 0 aliphatic heterocycles. The van der Waals surface area contributed by atoms with Crippen molar-refractivity contribution in [2.45, 2.75) is 306 Å². The van der Waals surface area contributed by atoms with Gasteiger partial charge in [0.05, 0.1) is 11.2 Å². The quantitative estimate of drug-likeness (QED) is 0.0337. The molecule has 0 aromatic heterocycles. The second-order valence-corrected chi connectivity index (χ2v) is 39.3. The van der Waals surface area contributed by atoms with Crippen LogP contribution in [0.4, 0.5) is 65.9 Å². The van der Waals surface area contributed by atoms with Crippen molar-refractivity contribution < 1.29 is 120 Å². The van der Waals surface area contributed by atoms with Crippen molar-refractivity contribution in [1.82, 2.24) is 24.5 Å². The molecule has 0 heterocycles. The molecule has 4 atom stereocenters. The number of nitrogens with zero attached hydrogens (tertiary/aromatic N) is 5. The highest BCUT2D eigenvalue weighted by atomic mass is 19.4. The first-order valence-corrected chi connectivity index (χ1v) is 47.1. The van der Waals surface area contributed by atoms with Crippen LogP contribution in [0.15, 0.2) is 200 Å². The van der Waals surface area contributed by atoms with Crippen LogP contribution in [0, 0.1) is 17.5 Å². The van der Waals surface area contributed by atoms with Gasteiger partial charge in [-0.05, 0) is 296 Å². The Morgan fingerprint density at radius 1 is 0.319 bits per heavy atom. The maximum absolute atomic E-state index is 14.7. The average Bonchev–Trinajstić information content (AvgIpc) is 1.47. The molecule has 8 fully saturated rings. The molecule has 0 spiro atoms. The van der Waals surface area contributed by atoms with Crippen LogP contribution in [0.2, 0.25) is 0 Å². The van der Waals surface area contributed by atoms with Crippen LogP contribution >= 0.6 is 0 Å². The first kappa shape index (κ1) is 105. The lowest BCUT2D eigenvalue weighted by Crippen LogP contribution is -2.50. The van der Waals surface area contributed by atoms with Crippen LogP contribution in [0.5, 0.6) is 0 Å². The van der Waals surface area contributed by atoms with Crippen LogP contribution in [0.1, 0.15) is 274 Å². The lowest BCUT2D eigenvalue weighted by atomic mass is 9.65. The fourth-order valence-corrected chi connectivity index (χ4v) is 20.8. The summed E-state index contributed by atoms with van der Waals surface area (Å²) in [5.74, 6) is -2.41.